The van der Waals surface area contributed by atoms with Crippen LogP contribution in [0.2, 0.25) is 0 Å². The Kier molecular flexibility index (Phi) is 9.42. The minimum atomic E-state index is -0.609. The van der Waals surface area contributed by atoms with Crippen LogP contribution in [0.3, 0.4) is 0 Å². The highest BCUT2D eigenvalue weighted by Crippen LogP contribution is 2.33. The van der Waals surface area contributed by atoms with Crippen LogP contribution in [0.15, 0.2) is 64.9 Å². The number of hydrogen-bond acceptors (Lipinski definition) is 7. The van der Waals surface area contributed by atoms with Crippen LogP contribution in [-0.2, 0) is 14.3 Å². The number of amides is 1. The fraction of sp³-hybridized carbons (Fsp3) is 0.231. The number of nitrogens with zero attached hydrogens (tertiary/aromatic N) is 1. The van der Waals surface area contributed by atoms with Gasteiger partial charge >= 0.3 is 5.97 Å². The summed E-state index contributed by atoms with van der Waals surface area (Å²) >= 11 is 5.28. The van der Waals surface area contributed by atoms with Gasteiger partial charge in [0.25, 0.3) is 5.91 Å². The Morgan fingerprint density at radius 2 is 1.94 bits per heavy atom. The zero-order chi connectivity index (χ0) is 25.9. The quantitative estimate of drug-likeness (QED) is 0.148. The molecule has 0 aromatic heterocycles. The van der Waals surface area contributed by atoms with Crippen LogP contribution in [0.4, 0.5) is 0 Å². The van der Waals surface area contributed by atoms with Crippen LogP contribution in [0.5, 0.6) is 11.5 Å². The number of para-hydroxylation sites is 1. The first-order valence-corrected chi connectivity index (χ1v) is 11.5. The monoisotopic (exact) mass is 506 g/mol. The molecule has 0 fully saturated rings. The van der Waals surface area contributed by atoms with Crippen LogP contribution in [0.1, 0.15) is 31.0 Å². The topological polar surface area (TPSA) is 110 Å². The molecule has 1 atom stereocenters. The lowest BCUT2D eigenvalue weighted by atomic mass is 9.95. The van der Waals surface area contributed by atoms with Crippen molar-refractivity contribution in [3.63, 3.8) is 0 Å². The first-order valence-electron chi connectivity index (χ1n) is 11.1. The van der Waals surface area contributed by atoms with Crippen LogP contribution in [0, 0.1) is 12.3 Å². The zero-order valence-electron chi connectivity index (χ0n) is 19.9. The number of thiocarbonyl (C=S) groups is 1. The first-order chi connectivity index (χ1) is 17.4. The normalized spacial score (nSPS) is 14.9. The van der Waals surface area contributed by atoms with E-state index in [1.807, 2.05) is 0 Å². The molecule has 0 aliphatic carbocycles. The number of rotatable bonds is 10. The summed E-state index contributed by atoms with van der Waals surface area (Å²) in [5.74, 6) is 2.52. The number of terminal acetylenes is 1. The number of carbonyl (C=O) groups is 2. The average molecular weight is 507 g/mol. The molecule has 0 radical (unpaired) electrons. The van der Waals surface area contributed by atoms with E-state index in [-0.39, 0.29) is 19.8 Å². The molecule has 0 unspecified atom stereocenters. The number of esters is 1. The van der Waals surface area contributed by atoms with Gasteiger partial charge < -0.3 is 24.8 Å². The number of allylic oxidation sites excluding steroid dienone is 1. The second kappa shape index (κ2) is 12.9. The van der Waals surface area contributed by atoms with E-state index in [1.165, 1.54) is 6.21 Å². The molecule has 1 aliphatic heterocycles. The molecular formula is C26H26N4O5S. The van der Waals surface area contributed by atoms with Gasteiger partial charge in [0, 0.05) is 11.3 Å². The predicted molar refractivity (Wildman–Crippen MR) is 139 cm³/mol. The molecule has 0 saturated carbocycles. The number of hydrogen-bond donors (Lipinski definition) is 3. The third kappa shape index (κ3) is 7.07. The fourth-order valence-electron chi connectivity index (χ4n) is 3.39. The van der Waals surface area contributed by atoms with Gasteiger partial charge in [0.2, 0.25) is 0 Å². The van der Waals surface area contributed by atoms with E-state index in [9.17, 15) is 9.59 Å². The predicted octanol–water partition coefficient (Wildman–Crippen LogP) is 2.58. The summed E-state index contributed by atoms with van der Waals surface area (Å²) in [5.41, 5.74) is 4.78. The number of hydrazone groups is 1. The van der Waals surface area contributed by atoms with E-state index in [0.717, 1.165) is 5.56 Å². The molecule has 0 saturated heterocycles. The van der Waals surface area contributed by atoms with Gasteiger partial charge in [-0.2, -0.15) is 5.10 Å². The van der Waals surface area contributed by atoms with Gasteiger partial charge in [-0.05, 0) is 62.0 Å². The maximum Gasteiger partial charge on any atom is 0.338 e. The summed E-state index contributed by atoms with van der Waals surface area (Å²) < 4.78 is 16.3. The van der Waals surface area contributed by atoms with Crippen molar-refractivity contribution in [3.8, 4) is 23.8 Å². The van der Waals surface area contributed by atoms with E-state index in [4.69, 9.17) is 32.9 Å². The first kappa shape index (κ1) is 26.2. The van der Waals surface area contributed by atoms with Crippen LogP contribution in [0.25, 0.3) is 0 Å². The van der Waals surface area contributed by atoms with Gasteiger partial charge in [-0.15, -0.1) is 6.42 Å². The summed E-state index contributed by atoms with van der Waals surface area (Å²) in [6, 6.07) is 13.5. The second-order valence-electron chi connectivity index (χ2n) is 7.47. The molecule has 1 amide bonds. The molecule has 3 rings (SSSR count). The third-order valence-electron chi connectivity index (χ3n) is 4.96. The largest absolute Gasteiger partial charge is 0.483 e. The molecule has 2 aromatic rings. The fourth-order valence-corrected chi connectivity index (χ4v) is 3.66. The second-order valence-corrected chi connectivity index (χ2v) is 7.88. The van der Waals surface area contributed by atoms with Gasteiger partial charge in [-0.3, -0.25) is 4.79 Å². The Bertz CT molecular complexity index is 1220. The molecular weight excluding hydrogens is 480 g/mol. The highest BCUT2D eigenvalue weighted by molar-refractivity contribution is 7.80. The molecule has 10 heteroatoms. The van der Waals surface area contributed by atoms with E-state index in [1.54, 1.807) is 62.4 Å². The molecule has 2 aromatic carbocycles. The highest BCUT2D eigenvalue weighted by atomic mass is 32.1. The highest BCUT2D eigenvalue weighted by Gasteiger charge is 2.32. The van der Waals surface area contributed by atoms with E-state index < -0.39 is 17.9 Å². The lowest BCUT2D eigenvalue weighted by Crippen LogP contribution is -2.45. The smallest absolute Gasteiger partial charge is 0.338 e. The van der Waals surface area contributed by atoms with Gasteiger partial charge in [0.1, 0.15) is 18.1 Å². The zero-order valence-corrected chi connectivity index (χ0v) is 20.7. The van der Waals surface area contributed by atoms with Crippen molar-refractivity contribution in [2.24, 2.45) is 5.10 Å². The average Bonchev–Trinajstić information content (AvgIpc) is 2.87. The lowest BCUT2D eigenvalue weighted by Gasteiger charge is -2.30. The van der Waals surface area contributed by atoms with E-state index in [0.29, 0.717) is 33.4 Å². The van der Waals surface area contributed by atoms with Crippen molar-refractivity contribution >= 4 is 35.4 Å². The van der Waals surface area contributed by atoms with Crippen molar-refractivity contribution in [1.29, 1.82) is 0 Å². The van der Waals surface area contributed by atoms with Crippen LogP contribution in [-0.4, -0.2) is 43.0 Å². The van der Waals surface area contributed by atoms with Crippen molar-refractivity contribution in [2.45, 2.75) is 19.9 Å². The number of carbonyl (C=O) groups excluding carboxylic acids is 2. The number of benzene rings is 2. The minimum Gasteiger partial charge on any atom is -0.483 e. The van der Waals surface area contributed by atoms with Gasteiger partial charge in [-0.25, -0.2) is 10.2 Å². The number of ether oxygens (including phenoxy) is 3. The molecule has 186 valence electrons. The minimum absolute atomic E-state index is 0.188. The van der Waals surface area contributed by atoms with Crippen molar-refractivity contribution in [3.05, 3.63) is 70.9 Å². The lowest BCUT2D eigenvalue weighted by molar-refractivity contribution is -0.139. The summed E-state index contributed by atoms with van der Waals surface area (Å²) in [6.45, 7) is 3.61. The Labute approximate surface area is 214 Å². The molecule has 36 heavy (non-hydrogen) atoms. The van der Waals surface area contributed by atoms with E-state index in [2.05, 4.69) is 27.1 Å². The Morgan fingerprint density at radius 3 is 2.67 bits per heavy atom. The Balaban J connectivity index is 1.65. The summed E-state index contributed by atoms with van der Waals surface area (Å²) in [7, 11) is 0. The third-order valence-corrected chi connectivity index (χ3v) is 5.18. The van der Waals surface area contributed by atoms with Gasteiger partial charge in [0.15, 0.2) is 11.7 Å². The van der Waals surface area contributed by atoms with Crippen LogP contribution >= 0.6 is 12.2 Å². The molecule has 9 nitrogen and oxygen atoms in total. The maximum atomic E-state index is 12.6. The Morgan fingerprint density at radius 1 is 1.19 bits per heavy atom. The number of nitrogens with one attached hydrogen (secondary N) is 3. The molecule has 3 N–H and O–H groups in total. The molecule has 1 heterocycles. The van der Waals surface area contributed by atoms with Gasteiger partial charge in [-0.1, -0.05) is 24.1 Å². The molecule has 0 bridgehead atoms. The van der Waals surface area contributed by atoms with Crippen molar-refractivity contribution in [2.75, 3.05) is 19.8 Å². The standard InChI is InChI=1S/C26H26N4O5S/c1-4-14-34-19-12-10-18(11-13-19)15-27-30-22(31)16-35-21-9-7-6-8-20(21)24-23(25(32)33-5-2)17(3)28-26(36)29-24/h1,6-13,15,24H,5,14,16H2,2-3H3,(H,30,31)(H2,28,29,36)/t24-/m1/s1. The summed E-state index contributed by atoms with van der Waals surface area (Å²) in [6.07, 6.45) is 6.67. The van der Waals surface area contributed by atoms with Crippen molar-refractivity contribution in [1.82, 2.24) is 16.1 Å². The summed E-state index contributed by atoms with van der Waals surface area (Å²) in [4.78, 5) is 24.9. The molecule has 1 aliphatic rings. The van der Waals surface area contributed by atoms with Crippen molar-refractivity contribution < 1.29 is 23.8 Å². The maximum absolute atomic E-state index is 12.6. The Hall–Kier alpha value is -4.36. The van der Waals surface area contributed by atoms with Crippen LogP contribution < -0.4 is 25.5 Å². The molecule has 0 spiro atoms. The SMILES string of the molecule is C#CCOc1ccc(C=NNC(=O)COc2ccccc2[C@H]2NC(=S)NC(C)=C2C(=O)OCC)cc1. The van der Waals surface area contributed by atoms with Gasteiger partial charge in [0.05, 0.1) is 24.4 Å². The van der Waals surface area contributed by atoms with E-state index >= 15 is 0 Å². The summed E-state index contributed by atoms with van der Waals surface area (Å²) in [5, 5.41) is 10.4.